The van der Waals surface area contributed by atoms with E-state index in [1.165, 1.54) is 31.4 Å². The summed E-state index contributed by atoms with van der Waals surface area (Å²) < 4.78 is 67.3. The molecule has 0 heterocycles. The smallest absolute Gasteiger partial charge is 0.416 e. The van der Waals surface area contributed by atoms with Crippen molar-refractivity contribution < 1.29 is 41.4 Å². The van der Waals surface area contributed by atoms with Crippen LogP contribution in [0.1, 0.15) is 11.1 Å². The number of esters is 1. The van der Waals surface area contributed by atoms with Crippen LogP contribution in [-0.4, -0.2) is 38.8 Å². The Morgan fingerprint density at radius 1 is 1.10 bits per heavy atom. The van der Waals surface area contributed by atoms with E-state index < -0.39 is 36.0 Å². The van der Waals surface area contributed by atoms with Crippen molar-refractivity contribution in [3.05, 3.63) is 65.5 Å². The third-order valence-electron chi connectivity index (χ3n) is 3.78. The van der Waals surface area contributed by atoms with Gasteiger partial charge in [0.25, 0.3) is 5.91 Å². The maximum atomic E-state index is 13.5. The Hall–Kier alpha value is -3.40. The van der Waals surface area contributed by atoms with Crippen LogP contribution in [0.15, 0.2) is 48.5 Å². The average molecular weight is 441 g/mol. The predicted octanol–water partition coefficient (Wildman–Crippen LogP) is 4.06. The zero-order valence-electron chi connectivity index (χ0n) is 16.4. The molecule has 166 valence electrons. The molecule has 0 aromatic heterocycles. The Kier molecular flexibility index (Phi) is 8.56. The third-order valence-corrected chi connectivity index (χ3v) is 3.78. The lowest BCUT2D eigenvalue weighted by Gasteiger charge is -2.15. The van der Waals surface area contributed by atoms with Gasteiger partial charge in [0.1, 0.15) is 18.2 Å². The van der Waals surface area contributed by atoms with E-state index in [9.17, 15) is 27.2 Å². The lowest BCUT2D eigenvalue weighted by atomic mass is 10.1. The van der Waals surface area contributed by atoms with Crippen LogP contribution in [0.4, 0.5) is 23.2 Å². The molecule has 2 aromatic rings. The second kappa shape index (κ2) is 11.1. The number of hydrogen-bond acceptors (Lipinski definition) is 5. The van der Waals surface area contributed by atoms with Gasteiger partial charge in [0.2, 0.25) is 0 Å². The molecule has 31 heavy (non-hydrogen) atoms. The molecule has 0 bridgehead atoms. The standard InChI is InChI=1S/C21H19F4NO5/c1-29-10-11-30-18-8-7-15(21(23,24)25)12-17(18)26-19(27)13-31-20(28)9-6-14-4-2-3-5-16(14)22/h2-9,12H,10-11,13H2,1H3,(H,26,27)/b9-6+. The van der Waals surface area contributed by atoms with E-state index in [1.807, 2.05) is 0 Å². The first-order valence-electron chi connectivity index (χ1n) is 8.93. The van der Waals surface area contributed by atoms with E-state index in [4.69, 9.17) is 14.2 Å². The number of carbonyl (C=O) groups is 2. The van der Waals surface area contributed by atoms with E-state index >= 15 is 0 Å². The Morgan fingerprint density at radius 2 is 1.84 bits per heavy atom. The number of rotatable bonds is 9. The van der Waals surface area contributed by atoms with Crippen LogP contribution in [0.5, 0.6) is 5.75 Å². The monoisotopic (exact) mass is 441 g/mol. The number of anilines is 1. The second-order valence-electron chi connectivity index (χ2n) is 6.06. The minimum Gasteiger partial charge on any atom is -0.489 e. The molecule has 0 aliphatic carbocycles. The number of benzene rings is 2. The molecule has 6 nitrogen and oxygen atoms in total. The topological polar surface area (TPSA) is 73.9 Å². The van der Waals surface area contributed by atoms with Crippen molar-refractivity contribution in [3.63, 3.8) is 0 Å². The van der Waals surface area contributed by atoms with E-state index in [0.717, 1.165) is 18.2 Å². The lowest BCUT2D eigenvalue weighted by molar-refractivity contribution is -0.142. The fraction of sp³-hybridized carbons (Fsp3) is 0.238. The largest absolute Gasteiger partial charge is 0.489 e. The quantitative estimate of drug-likeness (QED) is 0.275. The first kappa shape index (κ1) is 23.9. The van der Waals surface area contributed by atoms with Crippen molar-refractivity contribution in [2.75, 3.05) is 32.2 Å². The highest BCUT2D eigenvalue weighted by Gasteiger charge is 2.31. The summed E-state index contributed by atoms with van der Waals surface area (Å²) >= 11 is 0. The van der Waals surface area contributed by atoms with Crippen LogP contribution in [0, 0.1) is 5.82 Å². The lowest BCUT2D eigenvalue weighted by Crippen LogP contribution is -2.21. The minimum atomic E-state index is -4.63. The molecular weight excluding hydrogens is 422 g/mol. The number of halogens is 4. The SMILES string of the molecule is COCCOc1ccc(C(F)(F)F)cc1NC(=O)COC(=O)/C=C/c1ccccc1F. The zero-order valence-corrected chi connectivity index (χ0v) is 16.4. The number of ether oxygens (including phenoxy) is 3. The van der Waals surface area contributed by atoms with Crippen LogP contribution in [0.2, 0.25) is 0 Å². The fourth-order valence-electron chi connectivity index (χ4n) is 2.30. The molecule has 0 saturated heterocycles. The molecule has 2 rings (SSSR count). The molecule has 0 saturated carbocycles. The summed E-state index contributed by atoms with van der Waals surface area (Å²) in [6.07, 6.45) is -2.53. The zero-order chi connectivity index (χ0) is 22.9. The van der Waals surface area contributed by atoms with E-state index in [0.29, 0.717) is 6.07 Å². The van der Waals surface area contributed by atoms with Crippen LogP contribution >= 0.6 is 0 Å². The maximum absolute atomic E-state index is 13.5. The number of alkyl halides is 3. The predicted molar refractivity (Wildman–Crippen MR) is 104 cm³/mol. The average Bonchev–Trinajstić information content (AvgIpc) is 2.72. The first-order valence-corrected chi connectivity index (χ1v) is 8.93. The van der Waals surface area contributed by atoms with Gasteiger partial charge in [-0.3, -0.25) is 4.79 Å². The van der Waals surface area contributed by atoms with Gasteiger partial charge in [-0.15, -0.1) is 0 Å². The van der Waals surface area contributed by atoms with E-state index in [2.05, 4.69) is 5.32 Å². The molecular formula is C21H19F4NO5. The highest BCUT2D eigenvalue weighted by Crippen LogP contribution is 2.35. The van der Waals surface area contributed by atoms with Gasteiger partial charge in [-0.1, -0.05) is 18.2 Å². The Labute approximate surface area is 175 Å². The summed E-state index contributed by atoms with van der Waals surface area (Å²) in [5.41, 5.74) is -1.09. The summed E-state index contributed by atoms with van der Waals surface area (Å²) in [6, 6.07) is 8.28. The summed E-state index contributed by atoms with van der Waals surface area (Å²) in [5, 5.41) is 2.22. The van der Waals surface area contributed by atoms with Gasteiger partial charge >= 0.3 is 12.1 Å². The molecule has 2 aromatic carbocycles. The summed E-state index contributed by atoms with van der Waals surface area (Å²) in [6.45, 7) is -0.547. The first-order chi connectivity index (χ1) is 14.7. The van der Waals surface area contributed by atoms with E-state index in [-0.39, 0.29) is 30.2 Å². The molecule has 0 unspecified atom stereocenters. The van der Waals surface area contributed by atoms with Gasteiger partial charge in [-0.25, -0.2) is 9.18 Å². The van der Waals surface area contributed by atoms with Gasteiger partial charge in [-0.2, -0.15) is 13.2 Å². The molecule has 0 aliphatic rings. The number of amides is 1. The van der Waals surface area contributed by atoms with Crippen molar-refractivity contribution in [2.24, 2.45) is 0 Å². The molecule has 0 radical (unpaired) electrons. The van der Waals surface area contributed by atoms with Crippen LogP contribution < -0.4 is 10.1 Å². The molecule has 1 amide bonds. The molecule has 1 N–H and O–H groups in total. The summed E-state index contributed by atoms with van der Waals surface area (Å²) in [5.74, 6) is -2.37. The summed E-state index contributed by atoms with van der Waals surface area (Å²) in [7, 11) is 1.42. The van der Waals surface area contributed by atoms with Gasteiger partial charge in [0.15, 0.2) is 6.61 Å². The number of methoxy groups -OCH3 is 1. The van der Waals surface area contributed by atoms with Crippen molar-refractivity contribution in [1.29, 1.82) is 0 Å². The molecule has 0 atom stereocenters. The van der Waals surface area contributed by atoms with Crippen LogP contribution in [-0.2, 0) is 25.2 Å². The van der Waals surface area contributed by atoms with E-state index in [1.54, 1.807) is 6.07 Å². The van der Waals surface area contributed by atoms with Crippen LogP contribution in [0.25, 0.3) is 6.08 Å². The molecule has 0 aliphatic heterocycles. The van der Waals surface area contributed by atoms with Crippen molar-refractivity contribution in [1.82, 2.24) is 0 Å². The van der Waals surface area contributed by atoms with Gasteiger partial charge in [-0.05, 0) is 30.3 Å². The number of nitrogens with one attached hydrogen (secondary N) is 1. The third kappa shape index (κ3) is 7.74. The fourth-order valence-corrected chi connectivity index (χ4v) is 2.30. The second-order valence-corrected chi connectivity index (χ2v) is 6.06. The minimum absolute atomic E-state index is 0.0100. The van der Waals surface area contributed by atoms with Gasteiger partial charge in [0.05, 0.1) is 17.9 Å². The maximum Gasteiger partial charge on any atom is 0.416 e. The van der Waals surface area contributed by atoms with Gasteiger partial charge < -0.3 is 19.5 Å². The summed E-state index contributed by atoms with van der Waals surface area (Å²) in [4.78, 5) is 23.8. The highest BCUT2D eigenvalue weighted by molar-refractivity contribution is 5.95. The highest BCUT2D eigenvalue weighted by atomic mass is 19.4. The van der Waals surface area contributed by atoms with Crippen molar-refractivity contribution in [3.8, 4) is 5.75 Å². The van der Waals surface area contributed by atoms with Crippen molar-refractivity contribution >= 4 is 23.6 Å². The van der Waals surface area contributed by atoms with Crippen LogP contribution in [0.3, 0.4) is 0 Å². The number of hydrogen-bond donors (Lipinski definition) is 1. The van der Waals surface area contributed by atoms with Crippen molar-refractivity contribution in [2.45, 2.75) is 6.18 Å². The Morgan fingerprint density at radius 3 is 2.52 bits per heavy atom. The van der Waals surface area contributed by atoms with Gasteiger partial charge in [0, 0.05) is 18.7 Å². The Bertz CT molecular complexity index is 944. The molecule has 10 heteroatoms. The normalized spacial score (nSPS) is 11.4. The Balaban J connectivity index is 2.00. The number of carbonyl (C=O) groups excluding carboxylic acids is 2. The molecule has 0 fully saturated rings. The molecule has 0 spiro atoms.